The predicted molar refractivity (Wildman–Crippen MR) is 78.9 cm³/mol. The minimum atomic E-state index is -0.0508. The SMILES string of the molecule is COc1ccc(CN(C)C(=O)C(C)CCN)cc1OC. The lowest BCUT2D eigenvalue weighted by molar-refractivity contribution is -0.134. The van der Waals surface area contributed by atoms with Gasteiger partial charge in [-0.1, -0.05) is 13.0 Å². The number of carbonyl (C=O) groups excluding carboxylic acids is 1. The number of amides is 1. The number of nitrogens with two attached hydrogens (primary N) is 1. The van der Waals surface area contributed by atoms with E-state index in [0.717, 1.165) is 5.56 Å². The van der Waals surface area contributed by atoms with Gasteiger partial charge < -0.3 is 20.1 Å². The molecule has 0 aliphatic carbocycles. The molecule has 0 fully saturated rings. The Hall–Kier alpha value is -1.75. The smallest absolute Gasteiger partial charge is 0.225 e. The van der Waals surface area contributed by atoms with Gasteiger partial charge in [0.2, 0.25) is 5.91 Å². The van der Waals surface area contributed by atoms with Gasteiger partial charge in [-0.2, -0.15) is 0 Å². The maximum absolute atomic E-state index is 12.1. The summed E-state index contributed by atoms with van der Waals surface area (Å²) in [6.07, 6.45) is 0.703. The third kappa shape index (κ3) is 4.13. The minimum Gasteiger partial charge on any atom is -0.493 e. The number of benzene rings is 1. The summed E-state index contributed by atoms with van der Waals surface area (Å²) in [6.45, 7) is 2.96. The Bertz CT molecular complexity index is 449. The maximum Gasteiger partial charge on any atom is 0.225 e. The second-order valence-electron chi connectivity index (χ2n) is 4.86. The Morgan fingerprint density at radius 2 is 1.95 bits per heavy atom. The zero-order valence-corrected chi connectivity index (χ0v) is 12.7. The lowest BCUT2D eigenvalue weighted by atomic mass is 10.1. The Kier molecular flexibility index (Phi) is 6.31. The van der Waals surface area contributed by atoms with Crippen LogP contribution in [0.25, 0.3) is 0 Å². The summed E-state index contributed by atoms with van der Waals surface area (Å²) >= 11 is 0. The van der Waals surface area contributed by atoms with Crippen LogP contribution in [-0.2, 0) is 11.3 Å². The van der Waals surface area contributed by atoms with Gasteiger partial charge in [0.1, 0.15) is 0 Å². The van der Waals surface area contributed by atoms with Crippen LogP contribution < -0.4 is 15.2 Å². The largest absolute Gasteiger partial charge is 0.493 e. The molecule has 0 bridgehead atoms. The molecule has 0 saturated heterocycles. The summed E-state index contributed by atoms with van der Waals surface area (Å²) < 4.78 is 10.5. The van der Waals surface area contributed by atoms with Crippen LogP contribution in [0.15, 0.2) is 18.2 Å². The fourth-order valence-corrected chi connectivity index (χ4v) is 2.08. The van der Waals surface area contributed by atoms with E-state index in [-0.39, 0.29) is 11.8 Å². The van der Waals surface area contributed by atoms with E-state index in [4.69, 9.17) is 15.2 Å². The first-order valence-corrected chi connectivity index (χ1v) is 6.69. The highest BCUT2D eigenvalue weighted by Crippen LogP contribution is 2.28. The van der Waals surface area contributed by atoms with Crippen molar-refractivity contribution in [3.63, 3.8) is 0 Å². The number of hydrogen-bond acceptors (Lipinski definition) is 4. The first-order chi connectivity index (χ1) is 9.53. The van der Waals surface area contributed by atoms with Crippen LogP contribution >= 0.6 is 0 Å². The van der Waals surface area contributed by atoms with Crippen LogP contribution in [0, 0.1) is 5.92 Å². The molecule has 0 aliphatic rings. The van der Waals surface area contributed by atoms with E-state index in [1.54, 1.807) is 26.2 Å². The highest BCUT2D eigenvalue weighted by atomic mass is 16.5. The normalized spacial score (nSPS) is 11.8. The van der Waals surface area contributed by atoms with Crippen molar-refractivity contribution in [3.05, 3.63) is 23.8 Å². The molecule has 0 aliphatic heterocycles. The lowest BCUT2D eigenvalue weighted by Gasteiger charge is -2.21. The molecule has 0 saturated carbocycles. The average Bonchev–Trinajstić information content (AvgIpc) is 2.46. The summed E-state index contributed by atoms with van der Waals surface area (Å²) in [7, 11) is 4.99. The molecule has 0 heterocycles. The number of ether oxygens (including phenoxy) is 2. The Morgan fingerprint density at radius 3 is 2.50 bits per heavy atom. The number of rotatable bonds is 7. The highest BCUT2D eigenvalue weighted by Gasteiger charge is 2.17. The van der Waals surface area contributed by atoms with Crippen LogP contribution in [-0.4, -0.2) is 38.6 Å². The molecule has 0 aromatic heterocycles. The molecular formula is C15H24N2O3. The first kappa shape index (κ1) is 16.3. The second kappa shape index (κ2) is 7.75. The van der Waals surface area contributed by atoms with Gasteiger partial charge in [0, 0.05) is 19.5 Å². The number of carbonyl (C=O) groups is 1. The van der Waals surface area contributed by atoms with E-state index in [2.05, 4.69) is 0 Å². The molecule has 1 aromatic carbocycles. The molecule has 1 atom stereocenters. The minimum absolute atomic E-state index is 0.0508. The van der Waals surface area contributed by atoms with Gasteiger partial charge in [0.05, 0.1) is 14.2 Å². The Labute approximate surface area is 120 Å². The van der Waals surface area contributed by atoms with Gasteiger partial charge in [0.25, 0.3) is 0 Å². The third-order valence-electron chi connectivity index (χ3n) is 3.27. The summed E-state index contributed by atoms with van der Waals surface area (Å²) in [5.74, 6) is 1.40. The van der Waals surface area contributed by atoms with Crippen LogP contribution in [0.4, 0.5) is 0 Å². The molecule has 20 heavy (non-hydrogen) atoms. The lowest BCUT2D eigenvalue weighted by Crippen LogP contribution is -2.32. The fourth-order valence-electron chi connectivity index (χ4n) is 2.08. The molecule has 1 aromatic rings. The van der Waals surface area contributed by atoms with Crippen molar-refractivity contribution in [1.29, 1.82) is 0 Å². The van der Waals surface area contributed by atoms with E-state index >= 15 is 0 Å². The van der Waals surface area contributed by atoms with E-state index < -0.39 is 0 Å². The van der Waals surface area contributed by atoms with Crippen molar-refractivity contribution >= 4 is 5.91 Å². The molecule has 112 valence electrons. The van der Waals surface area contributed by atoms with Crippen LogP contribution in [0.3, 0.4) is 0 Å². The quantitative estimate of drug-likeness (QED) is 0.824. The van der Waals surface area contributed by atoms with E-state index in [1.807, 2.05) is 25.1 Å². The van der Waals surface area contributed by atoms with Crippen LogP contribution in [0.1, 0.15) is 18.9 Å². The topological polar surface area (TPSA) is 64.8 Å². The molecule has 2 N–H and O–H groups in total. The molecule has 0 radical (unpaired) electrons. The molecule has 0 spiro atoms. The van der Waals surface area contributed by atoms with Crippen LogP contribution in [0.5, 0.6) is 11.5 Å². The van der Waals surface area contributed by atoms with Crippen LogP contribution in [0.2, 0.25) is 0 Å². The van der Waals surface area contributed by atoms with Gasteiger partial charge >= 0.3 is 0 Å². The predicted octanol–water partition coefficient (Wildman–Crippen LogP) is 1.65. The Balaban J connectivity index is 2.75. The van der Waals surface area contributed by atoms with Crippen molar-refractivity contribution in [2.24, 2.45) is 11.7 Å². The zero-order valence-electron chi connectivity index (χ0n) is 12.7. The van der Waals surface area contributed by atoms with Crippen molar-refractivity contribution < 1.29 is 14.3 Å². The summed E-state index contributed by atoms with van der Waals surface area (Å²) in [5, 5.41) is 0. The van der Waals surface area contributed by atoms with Gasteiger partial charge in [-0.25, -0.2) is 0 Å². The van der Waals surface area contributed by atoms with E-state index in [9.17, 15) is 4.79 Å². The molecule has 5 nitrogen and oxygen atoms in total. The number of hydrogen-bond donors (Lipinski definition) is 1. The maximum atomic E-state index is 12.1. The fraction of sp³-hybridized carbons (Fsp3) is 0.533. The molecular weight excluding hydrogens is 256 g/mol. The van der Waals surface area contributed by atoms with Gasteiger partial charge in [0.15, 0.2) is 11.5 Å². The number of nitrogens with zero attached hydrogens (tertiary/aromatic N) is 1. The van der Waals surface area contributed by atoms with Crippen molar-refractivity contribution in [2.45, 2.75) is 19.9 Å². The van der Waals surface area contributed by atoms with E-state index in [1.165, 1.54) is 0 Å². The second-order valence-corrected chi connectivity index (χ2v) is 4.86. The summed E-state index contributed by atoms with van der Waals surface area (Å²) in [4.78, 5) is 13.8. The van der Waals surface area contributed by atoms with Crippen molar-refractivity contribution in [1.82, 2.24) is 4.90 Å². The number of methoxy groups -OCH3 is 2. The third-order valence-corrected chi connectivity index (χ3v) is 3.27. The van der Waals surface area contributed by atoms with Crippen molar-refractivity contribution in [3.8, 4) is 11.5 Å². The molecule has 5 heteroatoms. The van der Waals surface area contributed by atoms with Gasteiger partial charge in [-0.05, 0) is 30.7 Å². The van der Waals surface area contributed by atoms with Gasteiger partial charge in [-0.15, -0.1) is 0 Å². The average molecular weight is 280 g/mol. The highest BCUT2D eigenvalue weighted by molar-refractivity contribution is 5.78. The van der Waals surface area contributed by atoms with E-state index in [0.29, 0.717) is 31.0 Å². The molecule has 1 rings (SSSR count). The van der Waals surface area contributed by atoms with Gasteiger partial charge in [-0.3, -0.25) is 4.79 Å². The zero-order chi connectivity index (χ0) is 15.1. The molecule has 1 amide bonds. The first-order valence-electron chi connectivity index (χ1n) is 6.69. The summed E-state index contributed by atoms with van der Waals surface area (Å²) in [5.41, 5.74) is 6.49. The summed E-state index contributed by atoms with van der Waals surface area (Å²) in [6, 6.07) is 5.66. The van der Waals surface area contributed by atoms with Crippen molar-refractivity contribution in [2.75, 3.05) is 27.8 Å². The monoisotopic (exact) mass is 280 g/mol. The molecule has 1 unspecified atom stereocenters. The standard InChI is InChI=1S/C15H24N2O3/c1-11(7-8-16)15(18)17(2)10-12-5-6-13(19-3)14(9-12)20-4/h5-6,9,11H,7-8,10,16H2,1-4H3. The Morgan fingerprint density at radius 1 is 1.30 bits per heavy atom.